The molecule has 0 radical (unpaired) electrons. The van der Waals surface area contributed by atoms with Crippen molar-refractivity contribution in [3.8, 4) is 11.8 Å². The Morgan fingerprint density at radius 2 is 2.00 bits per heavy atom. The molecular weight excluding hydrogens is 386 g/mol. The summed E-state index contributed by atoms with van der Waals surface area (Å²) in [4.78, 5) is 40.8. The van der Waals surface area contributed by atoms with E-state index in [1.807, 2.05) is 19.9 Å². The van der Waals surface area contributed by atoms with Crippen LogP contribution >= 0.6 is 0 Å². The zero-order valence-electron chi connectivity index (χ0n) is 16.9. The van der Waals surface area contributed by atoms with Gasteiger partial charge in [0.05, 0.1) is 7.11 Å². The van der Waals surface area contributed by atoms with E-state index in [4.69, 9.17) is 15.2 Å². The molecule has 1 aliphatic carbocycles. The first-order valence-corrected chi connectivity index (χ1v) is 9.50. The van der Waals surface area contributed by atoms with E-state index in [1.54, 1.807) is 24.3 Å². The fourth-order valence-corrected chi connectivity index (χ4v) is 4.71. The molecule has 30 heavy (non-hydrogen) atoms. The van der Waals surface area contributed by atoms with Crippen LogP contribution in [0.3, 0.4) is 0 Å². The van der Waals surface area contributed by atoms with Crippen LogP contribution in [0.4, 0.5) is 0 Å². The quantitative estimate of drug-likeness (QED) is 0.740. The van der Waals surface area contributed by atoms with Gasteiger partial charge in [-0.1, -0.05) is 32.0 Å². The van der Waals surface area contributed by atoms with E-state index in [2.05, 4.69) is 0 Å². The summed E-state index contributed by atoms with van der Waals surface area (Å²) in [7, 11) is 1.23. The molecule has 1 spiro atoms. The Balaban J connectivity index is 2.08. The lowest BCUT2D eigenvalue weighted by molar-refractivity contribution is -0.146. The monoisotopic (exact) mass is 407 g/mol. The molecule has 1 amide bonds. The van der Waals surface area contributed by atoms with Gasteiger partial charge in [-0.25, -0.2) is 0 Å². The van der Waals surface area contributed by atoms with Crippen molar-refractivity contribution in [3.05, 3.63) is 52.6 Å². The summed E-state index contributed by atoms with van der Waals surface area (Å²) in [6.45, 7) is 3.49. The number of nitrogens with zero attached hydrogens (tertiary/aromatic N) is 2. The van der Waals surface area contributed by atoms with Gasteiger partial charge in [0.1, 0.15) is 29.4 Å². The number of benzene rings is 1. The fraction of sp³-hybridized carbons (Fsp3) is 0.364. The van der Waals surface area contributed by atoms with Crippen LogP contribution in [0.15, 0.2) is 47.0 Å². The number of ketones is 1. The SMILES string of the molecule is COC(=O)CN1C(=O)[C@@]2(C(C#N)=C(N)Oc3ccccc32)C2=C1CC(C)(C)CC2=O. The van der Waals surface area contributed by atoms with Crippen molar-refractivity contribution >= 4 is 17.7 Å². The first-order valence-electron chi connectivity index (χ1n) is 9.50. The highest BCUT2D eigenvalue weighted by atomic mass is 16.5. The van der Waals surface area contributed by atoms with Crippen LogP contribution < -0.4 is 10.5 Å². The molecule has 2 heterocycles. The molecule has 2 aliphatic heterocycles. The normalized spacial score (nSPS) is 24.4. The minimum absolute atomic E-state index is 0.140. The Hall–Kier alpha value is -3.60. The molecule has 1 atom stereocenters. The van der Waals surface area contributed by atoms with E-state index in [-0.39, 0.29) is 35.8 Å². The highest BCUT2D eigenvalue weighted by Gasteiger charge is 2.63. The standard InChI is InChI=1S/C22H21N3O5/c1-21(2)8-14-18(15(26)9-21)22(20(28)25(14)11-17(27)29-3)12-6-4-5-7-16(12)30-19(24)13(22)10-23/h4-7H,8-9,11,24H2,1-3H3/t22-/m0/s1. The van der Waals surface area contributed by atoms with Crippen LogP contribution in [0, 0.1) is 16.7 Å². The van der Waals surface area contributed by atoms with E-state index < -0.39 is 22.7 Å². The van der Waals surface area contributed by atoms with Crippen molar-refractivity contribution in [1.29, 1.82) is 5.26 Å². The van der Waals surface area contributed by atoms with Gasteiger partial charge in [-0.3, -0.25) is 14.4 Å². The second-order valence-corrected chi connectivity index (χ2v) is 8.43. The lowest BCUT2D eigenvalue weighted by Crippen LogP contribution is -2.47. The molecule has 4 rings (SSSR count). The fourth-order valence-electron chi connectivity index (χ4n) is 4.71. The van der Waals surface area contributed by atoms with Crippen LogP contribution in [0.25, 0.3) is 0 Å². The van der Waals surface area contributed by atoms with Crippen LogP contribution in [0.2, 0.25) is 0 Å². The van der Waals surface area contributed by atoms with E-state index in [1.165, 1.54) is 12.0 Å². The van der Waals surface area contributed by atoms with Gasteiger partial charge < -0.3 is 20.1 Å². The van der Waals surface area contributed by atoms with Crippen LogP contribution in [-0.4, -0.2) is 36.2 Å². The van der Waals surface area contributed by atoms with E-state index >= 15 is 0 Å². The molecular formula is C22H21N3O5. The lowest BCUT2D eigenvalue weighted by atomic mass is 9.63. The number of Topliss-reactive ketones (excluding diaryl/α,β-unsaturated/α-hetero) is 1. The summed E-state index contributed by atoms with van der Waals surface area (Å²) >= 11 is 0. The minimum atomic E-state index is -1.73. The zero-order valence-corrected chi connectivity index (χ0v) is 16.9. The number of rotatable bonds is 2. The second-order valence-electron chi connectivity index (χ2n) is 8.43. The number of carbonyl (C=O) groups excluding carboxylic acids is 3. The number of carbonyl (C=O) groups is 3. The first-order chi connectivity index (χ1) is 14.2. The Labute approximate surface area is 173 Å². The lowest BCUT2D eigenvalue weighted by Gasteiger charge is -2.37. The number of nitrogens with two attached hydrogens (primary N) is 1. The summed E-state index contributed by atoms with van der Waals surface area (Å²) in [6.07, 6.45) is 0.592. The molecule has 0 bridgehead atoms. The van der Waals surface area contributed by atoms with Gasteiger partial charge in [0.15, 0.2) is 5.78 Å². The summed E-state index contributed by atoms with van der Waals surface area (Å²) in [5.41, 5.74) is 4.77. The number of hydrogen-bond acceptors (Lipinski definition) is 7. The maximum atomic E-state index is 14.0. The summed E-state index contributed by atoms with van der Waals surface area (Å²) < 4.78 is 10.4. The Morgan fingerprint density at radius 3 is 2.67 bits per heavy atom. The third-order valence-electron chi connectivity index (χ3n) is 5.88. The second kappa shape index (κ2) is 6.46. The average molecular weight is 407 g/mol. The number of nitriles is 1. The number of para-hydroxylation sites is 1. The Morgan fingerprint density at radius 1 is 1.30 bits per heavy atom. The van der Waals surface area contributed by atoms with Crippen molar-refractivity contribution in [2.24, 2.45) is 11.1 Å². The molecule has 8 heteroatoms. The Bertz CT molecular complexity index is 1110. The number of hydrogen-bond donors (Lipinski definition) is 1. The Kier molecular flexibility index (Phi) is 4.24. The summed E-state index contributed by atoms with van der Waals surface area (Å²) in [5, 5.41) is 9.96. The maximum Gasteiger partial charge on any atom is 0.325 e. The summed E-state index contributed by atoms with van der Waals surface area (Å²) in [5.74, 6) is -1.38. The molecule has 3 aliphatic rings. The number of fused-ring (bicyclic) bond motifs is 3. The van der Waals surface area contributed by atoms with Crippen molar-refractivity contribution in [2.45, 2.75) is 32.1 Å². The largest absolute Gasteiger partial charge is 0.468 e. The molecule has 0 aromatic heterocycles. The van der Waals surface area contributed by atoms with Crippen LogP contribution in [-0.2, 0) is 24.5 Å². The predicted molar refractivity (Wildman–Crippen MR) is 104 cm³/mol. The van der Waals surface area contributed by atoms with Gasteiger partial charge in [-0.2, -0.15) is 5.26 Å². The number of ether oxygens (including phenoxy) is 2. The third-order valence-corrected chi connectivity index (χ3v) is 5.88. The van der Waals surface area contributed by atoms with Crippen molar-refractivity contribution in [2.75, 3.05) is 13.7 Å². The molecule has 0 saturated carbocycles. The zero-order chi connectivity index (χ0) is 21.8. The first kappa shape index (κ1) is 19.7. The van der Waals surface area contributed by atoms with Gasteiger partial charge in [0.2, 0.25) is 11.8 Å². The number of esters is 1. The van der Waals surface area contributed by atoms with Crippen molar-refractivity contribution in [1.82, 2.24) is 4.90 Å². The number of allylic oxidation sites excluding steroid dienone is 1. The molecule has 1 aromatic rings. The van der Waals surface area contributed by atoms with Crippen LogP contribution in [0.5, 0.6) is 5.75 Å². The van der Waals surface area contributed by atoms with E-state index in [9.17, 15) is 19.6 Å². The smallest absolute Gasteiger partial charge is 0.325 e. The molecule has 0 fully saturated rings. The molecule has 2 N–H and O–H groups in total. The van der Waals surface area contributed by atoms with Gasteiger partial charge in [-0.15, -0.1) is 0 Å². The van der Waals surface area contributed by atoms with Crippen LogP contribution in [0.1, 0.15) is 32.3 Å². The molecule has 8 nitrogen and oxygen atoms in total. The van der Waals surface area contributed by atoms with Gasteiger partial charge in [-0.05, 0) is 17.9 Å². The van der Waals surface area contributed by atoms with Gasteiger partial charge >= 0.3 is 5.97 Å². The maximum absolute atomic E-state index is 14.0. The minimum Gasteiger partial charge on any atom is -0.468 e. The highest BCUT2D eigenvalue weighted by Crippen LogP contribution is 2.57. The van der Waals surface area contributed by atoms with Crippen molar-refractivity contribution < 1.29 is 23.9 Å². The topological polar surface area (TPSA) is 123 Å². The molecule has 0 unspecified atom stereocenters. The van der Waals surface area contributed by atoms with Gasteiger partial charge in [0, 0.05) is 23.3 Å². The van der Waals surface area contributed by atoms with Crippen molar-refractivity contribution in [3.63, 3.8) is 0 Å². The number of methoxy groups -OCH3 is 1. The van der Waals surface area contributed by atoms with E-state index in [0.717, 1.165) is 0 Å². The van der Waals surface area contributed by atoms with Gasteiger partial charge in [0.25, 0.3) is 0 Å². The highest BCUT2D eigenvalue weighted by molar-refractivity contribution is 6.15. The predicted octanol–water partition coefficient (Wildman–Crippen LogP) is 1.67. The number of amides is 1. The molecule has 154 valence electrons. The molecule has 0 saturated heterocycles. The molecule has 1 aromatic carbocycles. The third kappa shape index (κ3) is 2.48. The average Bonchev–Trinajstić information content (AvgIpc) is 2.90. The summed E-state index contributed by atoms with van der Waals surface area (Å²) in [6, 6.07) is 8.69. The van der Waals surface area contributed by atoms with E-state index in [0.29, 0.717) is 23.4 Å².